The van der Waals surface area contributed by atoms with Crippen molar-refractivity contribution in [2.75, 3.05) is 18.4 Å². The van der Waals surface area contributed by atoms with Gasteiger partial charge in [-0.2, -0.15) is 0 Å². The van der Waals surface area contributed by atoms with E-state index < -0.39 is 5.92 Å². The Morgan fingerprint density at radius 3 is 2.43 bits per heavy atom. The average molecular weight is 424 g/mol. The third-order valence-electron chi connectivity index (χ3n) is 4.47. The van der Waals surface area contributed by atoms with Crippen LogP contribution in [0.4, 0.5) is 5.69 Å². The number of hydroxylamine groups is 2. The minimum absolute atomic E-state index is 0.0268. The molecule has 0 fully saturated rings. The molecular weight excluding hydrogens is 386 g/mol. The lowest BCUT2D eigenvalue weighted by atomic mass is 9.92. The first kappa shape index (κ1) is 27.5. The van der Waals surface area contributed by atoms with Gasteiger partial charge in [0.15, 0.2) is 0 Å². The number of hydrazine groups is 1. The Morgan fingerprint density at radius 2 is 1.97 bits per heavy atom. The maximum Gasteiger partial charge on any atom is 0.239 e. The highest BCUT2D eigenvalue weighted by Gasteiger charge is 2.25. The lowest BCUT2D eigenvalue weighted by Crippen LogP contribution is -2.50. The summed E-state index contributed by atoms with van der Waals surface area (Å²) in [6.07, 6.45) is 6.92. The molecule has 0 spiro atoms. The number of nitrogens with zero attached hydrogens (tertiary/aromatic N) is 3. The third-order valence-corrected chi connectivity index (χ3v) is 4.47. The number of hydrogen-bond acceptors (Lipinski definition) is 6. The van der Waals surface area contributed by atoms with Gasteiger partial charge in [-0.1, -0.05) is 33.6 Å². The van der Waals surface area contributed by atoms with Crippen LogP contribution in [0.25, 0.3) is 0 Å². The molecular formula is C21H37N5O4. The number of aromatic nitrogens is 1. The Balaban J connectivity index is 0.000000769. The van der Waals surface area contributed by atoms with Gasteiger partial charge in [-0.25, -0.2) is 10.1 Å². The Morgan fingerprint density at radius 1 is 1.27 bits per heavy atom. The van der Waals surface area contributed by atoms with Gasteiger partial charge in [0.25, 0.3) is 0 Å². The second kappa shape index (κ2) is 16.3. The number of pyridine rings is 1. The highest BCUT2D eigenvalue weighted by atomic mass is 16.5. The van der Waals surface area contributed by atoms with E-state index in [0.29, 0.717) is 42.5 Å². The molecule has 9 heteroatoms. The van der Waals surface area contributed by atoms with Gasteiger partial charge in [-0.15, -0.1) is 0 Å². The predicted octanol–water partition coefficient (Wildman–Crippen LogP) is 2.69. The molecule has 30 heavy (non-hydrogen) atoms. The molecule has 3 amide bonds. The van der Waals surface area contributed by atoms with E-state index in [0.717, 1.165) is 12.8 Å². The molecule has 3 N–H and O–H groups in total. The van der Waals surface area contributed by atoms with E-state index in [1.54, 1.807) is 24.5 Å². The monoisotopic (exact) mass is 423 g/mol. The average Bonchev–Trinajstić information content (AvgIpc) is 2.72. The lowest BCUT2D eigenvalue weighted by Gasteiger charge is -2.29. The lowest BCUT2D eigenvalue weighted by molar-refractivity contribution is -0.156. The summed E-state index contributed by atoms with van der Waals surface area (Å²) in [7, 11) is 0. The van der Waals surface area contributed by atoms with Crippen molar-refractivity contribution in [1.82, 2.24) is 20.5 Å². The second-order valence-corrected chi connectivity index (χ2v) is 7.41. The zero-order chi connectivity index (χ0) is 22.9. The van der Waals surface area contributed by atoms with Crippen LogP contribution in [0.15, 0.2) is 24.5 Å². The van der Waals surface area contributed by atoms with Crippen molar-refractivity contribution in [2.45, 2.75) is 59.9 Å². The maximum atomic E-state index is 12.4. The van der Waals surface area contributed by atoms with Crippen LogP contribution in [0.2, 0.25) is 0 Å². The van der Waals surface area contributed by atoms with Crippen molar-refractivity contribution >= 4 is 24.4 Å². The second-order valence-electron chi connectivity index (χ2n) is 7.41. The maximum absolute atomic E-state index is 12.4. The topological polar surface area (TPSA) is 115 Å². The fourth-order valence-corrected chi connectivity index (χ4v) is 2.95. The molecule has 9 nitrogen and oxygen atoms in total. The largest absolute Gasteiger partial charge is 0.327 e. The number of anilines is 1. The van der Waals surface area contributed by atoms with Gasteiger partial charge in [-0.05, 0) is 38.3 Å². The molecule has 1 rings (SSSR count). The number of hydrogen-bond donors (Lipinski definition) is 3. The Bertz CT molecular complexity index is 600. The molecule has 0 aromatic carbocycles. The Hall–Kier alpha value is -2.52. The van der Waals surface area contributed by atoms with Gasteiger partial charge >= 0.3 is 0 Å². The fourth-order valence-electron chi connectivity index (χ4n) is 2.95. The van der Waals surface area contributed by atoms with Crippen molar-refractivity contribution in [3.8, 4) is 0 Å². The van der Waals surface area contributed by atoms with Crippen molar-refractivity contribution in [3.63, 3.8) is 0 Å². The quantitative estimate of drug-likeness (QED) is 0.255. The van der Waals surface area contributed by atoms with Crippen LogP contribution >= 0.6 is 0 Å². The Kier molecular flexibility index (Phi) is 14.9. The van der Waals surface area contributed by atoms with E-state index in [9.17, 15) is 19.6 Å². The number of rotatable bonds is 13. The third kappa shape index (κ3) is 12.1. The summed E-state index contributed by atoms with van der Waals surface area (Å²) < 4.78 is 0. The summed E-state index contributed by atoms with van der Waals surface area (Å²) in [5.41, 5.74) is 3.60. The highest BCUT2D eigenvalue weighted by Crippen LogP contribution is 2.18. The van der Waals surface area contributed by atoms with E-state index in [4.69, 9.17) is 0 Å². The van der Waals surface area contributed by atoms with Crippen LogP contribution in [-0.4, -0.2) is 58.1 Å². The van der Waals surface area contributed by atoms with Crippen molar-refractivity contribution < 1.29 is 19.6 Å². The molecule has 170 valence electrons. The fraction of sp³-hybridized carbons (Fsp3) is 0.619. The summed E-state index contributed by atoms with van der Waals surface area (Å²) in [5, 5.41) is 14.3. The van der Waals surface area contributed by atoms with Gasteiger partial charge in [0.2, 0.25) is 18.7 Å². The molecule has 1 heterocycles. The normalized spacial score (nSPS) is 12.4. The SMILES string of the molecule is CCCC(C)CC(CN(O)C=O)C(=O)NN(CC)C(C)C.O=CNc1cccnc1. The number of amides is 3. The molecule has 0 saturated heterocycles. The summed E-state index contributed by atoms with van der Waals surface area (Å²) in [6.45, 7) is 10.9. The number of carbonyl (C=O) groups excluding carboxylic acids is 3. The molecule has 0 aliphatic carbocycles. The van der Waals surface area contributed by atoms with Crippen LogP contribution in [0, 0.1) is 11.8 Å². The molecule has 0 bridgehead atoms. The van der Waals surface area contributed by atoms with E-state index in [1.807, 2.05) is 25.8 Å². The van der Waals surface area contributed by atoms with Crippen molar-refractivity contribution in [2.24, 2.45) is 11.8 Å². The summed E-state index contributed by atoms with van der Waals surface area (Å²) >= 11 is 0. The molecule has 0 aliphatic heterocycles. The van der Waals surface area contributed by atoms with E-state index in [2.05, 4.69) is 29.6 Å². The smallest absolute Gasteiger partial charge is 0.239 e. The molecule has 0 aliphatic rings. The van der Waals surface area contributed by atoms with Crippen molar-refractivity contribution in [3.05, 3.63) is 24.5 Å². The minimum atomic E-state index is -0.408. The van der Waals surface area contributed by atoms with E-state index in [1.165, 1.54) is 0 Å². The summed E-state index contributed by atoms with van der Waals surface area (Å²) in [5.74, 6) is -0.177. The van der Waals surface area contributed by atoms with Gasteiger partial charge < -0.3 is 5.32 Å². The molecule has 1 aromatic rings. The van der Waals surface area contributed by atoms with Crippen LogP contribution in [0.1, 0.15) is 53.9 Å². The molecule has 0 radical (unpaired) electrons. The summed E-state index contributed by atoms with van der Waals surface area (Å²) in [4.78, 5) is 36.6. The summed E-state index contributed by atoms with van der Waals surface area (Å²) in [6, 6.07) is 3.72. The molecule has 2 unspecified atom stereocenters. The van der Waals surface area contributed by atoms with Gasteiger partial charge in [-0.3, -0.25) is 30.0 Å². The van der Waals surface area contributed by atoms with E-state index in [-0.39, 0.29) is 18.5 Å². The zero-order valence-electron chi connectivity index (χ0n) is 18.7. The minimum Gasteiger partial charge on any atom is -0.327 e. The molecule has 1 aromatic heterocycles. The van der Waals surface area contributed by atoms with Crippen LogP contribution in [0.3, 0.4) is 0 Å². The zero-order valence-corrected chi connectivity index (χ0v) is 18.7. The number of nitrogens with one attached hydrogen (secondary N) is 2. The molecule has 2 atom stereocenters. The van der Waals surface area contributed by atoms with Gasteiger partial charge in [0, 0.05) is 18.8 Å². The Labute approximate surface area is 179 Å². The van der Waals surface area contributed by atoms with Crippen LogP contribution < -0.4 is 10.7 Å². The van der Waals surface area contributed by atoms with E-state index >= 15 is 0 Å². The van der Waals surface area contributed by atoms with Crippen molar-refractivity contribution in [1.29, 1.82) is 0 Å². The van der Waals surface area contributed by atoms with Gasteiger partial charge in [0.05, 0.1) is 24.3 Å². The molecule has 0 saturated carbocycles. The first-order chi connectivity index (χ1) is 14.3. The number of carbonyl (C=O) groups is 3. The van der Waals surface area contributed by atoms with Crippen LogP contribution in [-0.2, 0) is 14.4 Å². The van der Waals surface area contributed by atoms with Crippen LogP contribution in [0.5, 0.6) is 0 Å². The highest BCUT2D eigenvalue weighted by molar-refractivity contribution is 5.78. The van der Waals surface area contributed by atoms with Gasteiger partial charge in [0.1, 0.15) is 0 Å². The standard InChI is InChI=1S/C15H31N3O3.C6H6N2O/c1-6-8-13(5)9-14(10-17(21)11-19)15(20)16-18(7-2)12(3)4;9-5-8-6-2-1-3-7-4-6/h11-14,21H,6-10H2,1-5H3,(H,16,20);1-5H,(H,8,9). The first-order valence-electron chi connectivity index (χ1n) is 10.4. The first-order valence-corrected chi connectivity index (χ1v) is 10.4. The predicted molar refractivity (Wildman–Crippen MR) is 116 cm³/mol.